The number of nitrogens with zero attached hydrogens (tertiary/aromatic N) is 2. The van der Waals surface area contributed by atoms with Crippen LogP contribution in [-0.4, -0.2) is 10.1 Å². The van der Waals surface area contributed by atoms with E-state index in [1.807, 2.05) is 30.3 Å². The predicted octanol–water partition coefficient (Wildman–Crippen LogP) is 2.93. The Bertz CT molecular complexity index is 755. The van der Waals surface area contributed by atoms with Crippen molar-refractivity contribution in [2.45, 2.75) is 13.0 Å². The van der Waals surface area contributed by atoms with Crippen LogP contribution in [0.3, 0.4) is 0 Å². The Morgan fingerprint density at radius 2 is 1.86 bits per heavy atom. The molecule has 4 nitrogen and oxygen atoms in total. The second-order valence-corrected chi connectivity index (χ2v) is 4.73. The van der Waals surface area contributed by atoms with E-state index in [1.165, 1.54) is 12.1 Å². The van der Waals surface area contributed by atoms with Crippen LogP contribution in [0, 0.1) is 5.82 Å². The molecule has 0 bridgehead atoms. The van der Waals surface area contributed by atoms with Gasteiger partial charge in [-0.1, -0.05) is 29.4 Å². The van der Waals surface area contributed by atoms with Crippen LogP contribution in [0.2, 0.25) is 0 Å². The molecule has 0 atom stereocenters. The zero-order chi connectivity index (χ0) is 14.7. The molecule has 0 aliphatic rings. The molecule has 106 valence electrons. The highest BCUT2D eigenvalue weighted by Crippen LogP contribution is 2.19. The first kappa shape index (κ1) is 13.5. The van der Waals surface area contributed by atoms with E-state index in [2.05, 4.69) is 10.1 Å². The van der Waals surface area contributed by atoms with Crippen molar-refractivity contribution in [3.63, 3.8) is 0 Å². The Labute approximate surface area is 121 Å². The van der Waals surface area contributed by atoms with Gasteiger partial charge in [0.2, 0.25) is 0 Å². The Balaban J connectivity index is 1.82. The summed E-state index contributed by atoms with van der Waals surface area (Å²) < 4.78 is 18.4. The lowest BCUT2D eigenvalue weighted by Crippen LogP contribution is -1.96. The summed E-state index contributed by atoms with van der Waals surface area (Å²) in [7, 11) is 0. The summed E-state index contributed by atoms with van der Waals surface area (Å²) in [6, 6.07) is 14.0. The van der Waals surface area contributed by atoms with Crippen molar-refractivity contribution in [1.29, 1.82) is 0 Å². The highest BCUT2D eigenvalue weighted by Gasteiger charge is 2.10. The normalized spacial score (nSPS) is 10.8. The molecule has 3 aromatic rings. The van der Waals surface area contributed by atoms with Gasteiger partial charge in [-0.05, 0) is 35.4 Å². The molecular weight excluding hydrogens is 269 g/mol. The summed E-state index contributed by atoms with van der Waals surface area (Å²) in [6.45, 7) is 0.456. The Morgan fingerprint density at radius 3 is 2.67 bits per heavy atom. The predicted molar refractivity (Wildman–Crippen MR) is 76.8 cm³/mol. The highest BCUT2D eigenvalue weighted by molar-refractivity contribution is 5.54. The maximum Gasteiger partial charge on any atom is 0.257 e. The van der Waals surface area contributed by atoms with Crippen molar-refractivity contribution in [3.05, 3.63) is 71.3 Å². The van der Waals surface area contributed by atoms with Crippen LogP contribution in [0.4, 0.5) is 4.39 Å². The number of aromatic nitrogens is 2. The average molecular weight is 283 g/mol. The second-order valence-electron chi connectivity index (χ2n) is 4.73. The van der Waals surface area contributed by atoms with Gasteiger partial charge in [0.25, 0.3) is 5.89 Å². The fourth-order valence-corrected chi connectivity index (χ4v) is 2.10. The molecule has 5 heteroatoms. The van der Waals surface area contributed by atoms with E-state index < -0.39 is 0 Å². The molecule has 1 aromatic heterocycles. The molecular formula is C16H14FN3O. The quantitative estimate of drug-likeness (QED) is 0.799. The molecule has 0 spiro atoms. The largest absolute Gasteiger partial charge is 0.334 e. The molecule has 3 rings (SSSR count). The Kier molecular flexibility index (Phi) is 3.75. The van der Waals surface area contributed by atoms with Crippen molar-refractivity contribution in [2.24, 2.45) is 5.73 Å². The van der Waals surface area contributed by atoms with Gasteiger partial charge in [0.1, 0.15) is 5.82 Å². The third-order valence-electron chi connectivity index (χ3n) is 3.13. The van der Waals surface area contributed by atoms with Crippen molar-refractivity contribution >= 4 is 0 Å². The van der Waals surface area contributed by atoms with E-state index in [1.54, 1.807) is 6.07 Å². The molecule has 0 saturated heterocycles. The summed E-state index contributed by atoms with van der Waals surface area (Å²) in [4.78, 5) is 4.34. The zero-order valence-corrected chi connectivity index (χ0v) is 11.3. The molecule has 2 N–H and O–H groups in total. The van der Waals surface area contributed by atoms with E-state index in [-0.39, 0.29) is 5.82 Å². The molecule has 0 saturated carbocycles. The lowest BCUT2D eigenvalue weighted by molar-refractivity contribution is 0.424. The minimum absolute atomic E-state index is 0.271. The van der Waals surface area contributed by atoms with Crippen molar-refractivity contribution in [1.82, 2.24) is 10.1 Å². The third-order valence-corrected chi connectivity index (χ3v) is 3.13. The van der Waals surface area contributed by atoms with Crippen molar-refractivity contribution in [3.8, 4) is 11.5 Å². The SMILES string of the molecule is NCc1cccc(-c2nc(Cc3cccc(F)c3)no2)c1. The first-order valence-corrected chi connectivity index (χ1v) is 6.61. The van der Waals surface area contributed by atoms with Gasteiger partial charge in [-0.15, -0.1) is 0 Å². The molecule has 0 aliphatic heterocycles. The van der Waals surface area contributed by atoms with Crippen molar-refractivity contribution in [2.75, 3.05) is 0 Å². The molecule has 21 heavy (non-hydrogen) atoms. The van der Waals surface area contributed by atoms with Crippen LogP contribution < -0.4 is 5.73 Å². The van der Waals surface area contributed by atoms with E-state index in [4.69, 9.17) is 10.3 Å². The minimum atomic E-state index is -0.271. The number of halogens is 1. The molecule has 0 fully saturated rings. The van der Waals surface area contributed by atoms with E-state index in [9.17, 15) is 4.39 Å². The summed E-state index contributed by atoms with van der Waals surface area (Å²) >= 11 is 0. The smallest absolute Gasteiger partial charge is 0.257 e. The topological polar surface area (TPSA) is 64.9 Å². The number of nitrogens with two attached hydrogens (primary N) is 1. The van der Waals surface area contributed by atoms with Gasteiger partial charge in [0, 0.05) is 18.5 Å². The third kappa shape index (κ3) is 3.14. The minimum Gasteiger partial charge on any atom is -0.334 e. The fraction of sp³-hybridized carbons (Fsp3) is 0.125. The van der Waals surface area contributed by atoms with Crippen LogP contribution >= 0.6 is 0 Å². The summed E-state index contributed by atoms with van der Waals surface area (Å²) in [6.07, 6.45) is 0.428. The maximum atomic E-state index is 13.1. The van der Waals surface area contributed by atoms with Gasteiger partial charge < -0.3 is 10.3 Å². The molecule has 1 heterocycles. The summed E-state index contributed by atoms with van der Waals surface area (Å²) in [5, 5.41) is 3.93. The molecule has 2 aromatic carbocycles. The van der Waals surface area contributed by atoms with Gasteiger partial charge in [0.15, 0.2) is 5.82 Å². The van der Waals surface area contributed by atoms with Crippen LogP contribution in [0.25, 0.3) is 11.5 Å². The Hall–Kier alpha value is -2.53. The standard InChI is InChI=1S/C16H14FN3O/c17-14-6-2-3-11(8-14)9-15-19-16(21-20-15)13-5-1-4-12(7-13)10-18/h1-8H,9-10,18H2. The first-order chi connectivity index (χ1) is 10.2. The van der Waals surface area contributed by atoms with E-state index in [0.29, 0.717) is 24.7 Å². The molecule has 0 aliphatic carbocycles. The van der Waals surface area contributed by atoms with Gasteiger partial charge >= 0.3 is 0 Å². The Morgan fingerprint density at radius 1 is 1.05 bits per heavy atom. The number of rotatable bonds is 4. The maximum absolute atomic E-state index is 13.1. The highest BCUT2D eigenvalue weighted by atomic mass is 19.1. The zero-order valence-electron chi connectivity index (χ0n) is 11.3. The van der Waals surface area contributed by atoms with Gasteiger partial charge in [0.05, 0.1) is 0 Å². The van der Waals surface area contributed by atoms with E-state index in [0.717, 1.165) is 16.7 Å². The molecule has 0 radical (unpaired) electrons. The first-order valence-electron chi connectivity index (χ1n) is 6.61. The van der Waals surface area contributed by atoms with Crippen LogP contribution in [0.15, 0.2) is 53.1 Å². The monoisotopic (exact) mass is 283 g/mol. The number of hydrogen-bond donors (Lipinski definition) is 1. The fourth-order valence-electron chi connectivity index (χ4n) is 2.10. The molecule has 0 unspecified atom stereocenters. The van der Waals surface area contributed by atoms with Gasteiger partial charge in [-0.2, -0.15) is 4.98 Å². The van der Waals surface area contributed by atoms with Crippen LogP contribution in [0.1, 0.15) is 17.0 Å². The summed E-state index contributed by atoms with van der Waals surface area (Å²) in [5.74, 6) is 0.692. The van der Waals surface area contributed by atoms with E-state index >= 15 is 0 Å². The van der Waals surface area contributed by atoms with Crippen LogP contribution in [-0.2, 0) is 13.0 Å². The average Bonchev–Trinajstić information content (AvgIpc) is 2.96. The lowest BCUT2D eigenvalue weighted by Gasteiger charge is -1.98. The summed E-state index contributed by atoms with van der Waals surface area (Å²) in [5.41, 5.74) is 8.25. The van der Waals surface area contributed by atoms with Crippen molar-refractivity contribution < 1.29 is 8.91 Å². The van der Waals surface area contributed by atoms with Gasteiger partial charge in [-0.3, -0.25) is 0 Å². The lowest BCUT2D eigenvalue weighted by atomic mass is 10.1. The number of benzene rings is 2. The van der Waals surface area contributed by atoms with Gasteiger partial charge in [-0.25, -0.2) is 4.39 Å². The van der Waals surface area contributed by atoms with Crippen LogP contribution in [0.5, 0.6) is 0 Å². The molecule has 0 amide bonds. The second kappa shape index (κ2) is 5.85. The number of hydrogen-bond acceptors (Lipinski definition) is 4.